The molecule has 2 rings (SSSR count). The molecule has 1 atom stereocenters. The molecule has 6 heteroatoms. The summed E-state index contributed by atoms with van der Waals surface area (Å²) in [6.45, 7) is 2.14. The predicted octanol–water partition coefficient (Wildman–Crippen LogP) is 3.17. The maximum absolute atomic E-state index is 5.71. The molecule has 0 saturated heterocycles. The van der Waals surface area contributed by atoms with Gasteiger partial charge in [-0.25, -0.2) is 0 Å². The molecule has 1 aliphatic carbocycles. The molecular weight excluding hydrogens is 247 g/mol. The topological polar surface area (TPSA) is 50.7 Å². The highest BCUT2D eigenvalue weighted by Gasteiger charge is 2.25. The fourth-order valence-corrected chi connectivity index (χ4v) is 2.02. The summed E-state index contributed by atoms with van der Waals surface area (Å²) < 4.78 is 0. The normalized spacial score (nSPS) is 17.2. The molecule has 0 amide bonds. The second-order valence-corrected chi connectivity index (χ2v) is 4.80. The third-order valence-electron chi connectivity index (χ3n) is 2.72. The molecule has 0 radical (unpaired) electrons. The average molecular weight is 261 g/mol. The summed E-state index contributed by atoms with van der Waals surface area (Å²) >= 11 is 11.4. The SMILES string of the molecule is CCC(CC1CC1)Nc1nc(Cl)nc(Cl)n1. The van der Waals surface area contributed by atoms with E-state index in [9.17, 15) is 0 Å². The van der Waals surface area contributed by atoms with Gasteiger partial charge < -0.3 is 5.32 Å². The summed E-state index contributed by atoms with van der Waals surface area (Å²) in [5.74, 6) is 1.34. The number of aromatic nitrogens is 3. The number of nitrogens with one attached hydrogen (secondary N) is 1. The molecular formula is C10H14Cl2N4. The van der Waals surface area contributed by atoms with Gasteiger partial charge >= 0.3 is 0 Å². The number of nitrogens with zero attached hydrogens (tertiary/aromatic N) is 3. The summed E-state index contributed by atoms with van der Waals surface area (Å²) in [5, 5.41) is 3.51. The first-order valence-electron chi connectivity index (χ1n) is 5.51. The first kappa shape index (κ1) is 11.9. The van der Waals surface area contributed by atoms with Crippen molar-refractivity contribution in [2.45, 2.75) is 38.6 Å². The van der Waals surface area contributed by atoms with E-state index in [0.29, 0.717) is 12.0 Å². The molecule has 0 spiro atoms. The molecule has 0 aromatic carbocycles. The lowest BCUT2D eigenvalue weighted by Crippen LogP contribution is -2.21. The van der Waals surface area contributed by atoms with Crippen molar-refractivity contribution in [2.24, 2.45) is 5.92 Å². The zero-order valence-corrected chi connectivity index (χ0v) is 10.6. The molecule has 1 heterocycles. The Hall–Kier alpha value is -0.610. The minimum Gasteiger partial charge on any atom is -0.351 e. The molecule has 1 aliphatic rings. The Morgan fingerprint density at radius 1 is 1.25 bits per heavy atom. The lowest BCUT2D eigenvalue weighted by molar-refractivity contribution is 0.582. The van der Waals surface area contributed by atoms with E-state index in [4.69, 9.17) is 23.2 Å². The van der Waals surface area contributed by atoms with Gasteiger partial charge in [-0.2, -0.15) is 15.0 Å². The van der Waals surface area contributed by atoms with Gasteiger partial charge in [0.05, 0.1) is 0 Å². The van der Waals surface area contributed by atoms with Gasteiger partial charge in [0.1, 0.15) is 0 Å². The number of hydrogen-bond donors (Lipinski definition) is 1. The highest BCUT2D eigenvalue weighted by molar-refractivity contribution is 6.31. The lowest BCUT2D eigenvalue weighted by atomic mass is 10.1. The molecule has 0 aliphatic heterocycles. The molecule has 1 aromatic rings. The van der Waals surface area contributed by atoms with E-state index >= 15 is 0 Å². The van der Waals surface area contributed by atoms with Gasteiger partial charge in [-0.1, -0.05) is 19.8 Å². The number of rotatable bonds is 5. The van der Waals surface area contributed by atoms with Crippen LogP contribution in [-0.4, -0.2) is 21.0 Å². The van der Waals surface area contributed by atoms with Gasteiger partial charge in [0.25, 0.3) is 0 Å². The van der Waals surface area contributed by atoms with Crippen LogP contribution in [0.2, 0.25) is 10.6 Å². The van der Waals surface area contributed by atoms with Gasteiger partial charge in [-0.3, -0.25) is 0 Å². The van der Waals surface area contributed by atoms with Crippen LogP contribution < -0.4 is 5.32 Å². The standard InChI is InChI=1S/C10H14Cl2N4/c1-2-7(5-6-3-4-6)13-10-15-8(11)14-9(12)16-10/h6-7H,2-5H2,1H3,(H,13,14,15,16). The van der Waals surface area contributed by atoms with Crippen molar-refractivity contribution in [1.29, 1.82) is 0 Å². The smallest absolute Gasteiger partial charge is 0.228 e. The Bertz CT molecular complexity index is 348. The third kappa shape index (κ3) is 3.46. The average Bonchev–Trinajstić information content (AvgIpc) is 2.99. The number of halogens is 2. The lowest BCUT2D eigenvalue weighted by Gasteiger charge is -2.16. The van der Waals surface area contributed by atoms with E-state index in [2.05, 4.69) is 27.2 Å². The highest BCUT2D eigenvalue weighted by atomic mass is 35.5. The molecule has 16 heavy (non-hydrogen) atoms. The summed E-state index contributed by atoms with van der Waals surface area (Å²) in [6, 6.07) is 0.391. The quantitative estimate of drug-likeness (QED) is 0.884. The fraction of sp³-hybridized carbons (Fsp3) is 0.700. The summed E-state index contributed by atoms with van der Waals surface area (Å²) in [7, 11) is 0. The van der Waals surface area contributed by atoms with Crippen LogP contribution >= 0.6 is 23.2 Å². The van der Waals surface area contributed by atoms with Crippen molar-refractivity contribution in [3.05, 3.63) is 10.6 Å². The summed E-state index contributed by atoms with van der Waals surface area (Å²) in [4.78, 5) is 11.7. The molecule has 1 saturated carbocycles. The van der Waals surface area contributed by atoms with E-state index in [1.165, 1.54) is 12.8 Å². The Kier molecular flexibility index (Phi) is 3.82. The van der Waals surface area contributed by atoms with Crippen molar-refractivity contribution < 1.29 is 0 Å². The highest BCUT2D eigenvalue weighted by Crippen LogP contribution is 2.34. The first-order chi connectivity index (χ1) is 7.67. The van der Waals surface area contributed by atoms with Gasteiger partial charge in [-0.15, -0.1) is 0 Å². The molecule has 88 valence electrons. The van der Waals surface area contributed by atoms with Gasteiger partial charge in [0, 0.05) is 6.04 Å². The van der Waals surface area contributed by atoms with Crippen LogP contribution in [0.1, 0.15) is 32.6 Å². The van der Waals surface area contributed by atoms with Gasteiger partial charge in [0.15, 0.2) is 0 Å². The van der Waals surface area contributed by atoms with Crippen molar-refractivity contribution in [1.82, 2.24) is 15.0 Å². The molecule has 0 bridgehead atoms. The Balaban J connectivity index is 1.99. The largest absolute Gasteiger partial charge is 0.351 e. The van der Waals surface area contributed by atoms with Crippen LogP contribution in [0, 0.1) is 5.92 Å². The van der Waals surface area contributed by atoms with Crippen LogP contribution in [0.5, 0.6) is 0 Å². The molecule has 1 fully saturated rings. The van der Waals surface area contributed by atoms with E-state index in [1.807, 2.05) is 0 Å². The first-order valence-corrected chi connectivity index (χ1v) is 6.26. The Morgan fingerprint density at radius 2 is 1.88 bits per heavy atom. The number of hydrogen-bond acceptors (Lipinski definition) is 4. The molecule has 4 nitrogen and oxygen atoms in total. The molecule has 1 unspecified atom stereocenters. The van der Waals surface area contributed by atoms with Crippen LogP contribution in [-0.2, 0) is 0 Å². The van der Waals surface area contributed by atoms with Gasteiger partial charge in [0.2, 0.25) is 16.5 Å². The second kappa shape index (κ2) is 5.15. The summed E-state index contributed by atoms with van der Waals surface area (Å²) in [5.41, 5.74) is 0. The predicted molar refractivity (Wildman–Crippen MR) is 64.9 cm³/mol. The van der Waals surface area contributed by atoms with Crippen LogP contribution in [0.15, 0.2) is 0 Å². The van der Waals surface area contributed by atoms with E-state index in [0.717, 1.165) is 18.8 Å². The maximum Gasteiger partial charge on any atom is 0.228 e. The number of anilines is 1. The third-order valence-corrected chi connectivity index (χ3v) is 3.06. The van der Waals surface area contributed by atoms with Crippen LogP contribution in [0.25, 0.3) is 0 Å². The Labute approximate surface area is 105 Å². The van der Waals surface area contributed by atoms with Crippen molar-refractivity contribution in [2.75, 3.05) is 5.32 Å². The van der Waals surface area contributed by atoms with Crippen molar-refractivity contribution in [3.63, 3.8) is 0 Å². The zero-order valence-electron chi connectivity index (χ0n) is 9.08. The second-order valence-electron chi connectivity index (χ2n) is 4.13. The van der Waals surface area contributed by atoms with E-state index in [-0.39, 0.29) is 10.6 Å². The molecule has 1 N–H and O–H groups in total. The minimum absolute atomic E-state index is 0.128. The van der Waals surface area contributed by atoms with Crippen molar-refractivity contribution in [3.8, 4) is 0 Å². The van der Waals surface area contributed by atoms with Gasteiger partial charge in [-0.05, 0) is 42.0 Å². The Morgan fingerprint density at radius 3 is 2.38 bits per heavy atom. The summed E-state index contributed by atoms with van der Waals surface area (Å²) in [6.07, 6.45) is 4.89. The monoisotopic (exact) mass is 260 g/mol. The maximum atomic E-state index is 5.71. The zero-order chi connectivity index (χ0) is 11.5. The van der Waals surface area contributed by atoms with E-state index in [1.54, 1.807) is 0 Å². The molecule has 1 aromatic heterocycles. The van der Waals surface area contributed by atoms with Crippen LogP contribution in [0.3, 0.4) is 0 Å². The van der Waals surface area contributed by atoms with Crippen molar-refractivity contribution >= 4 is 29.2 Å². The van der Waals surface area contributed by atoms with E-state index < -0.39 is 0 Å². The fourth-order valence-electron chi connectivity index (χ4n) is 1.66. The minimum atomic E-state index is 0.128. The van der Waals surface area contributed by atoms with Crippen LogP contribution in [0.4, 0.5) is 5.95 Å².